The van der Waals surface area contributed by atoms with E-state index in [0.29, 0.717) is 32.7 Å². The van der Waals surface area contributed by atoms with Crippen molar-refractivity contribution in [3.8, 4) is 11.5 Å². The van der Waals surface area contributed by atoms with Crippen LogP contribution in [0.25, 0.3) is 0 Å². The lowest BCUT2D eigenvalue weighted by atomic mass is 10.1. The zero-order valence-corrected chi connectivity index (χ0v) is 15.8. The number of ether oxygens (including phenoxy) is 2. The van der Waals surface area contributed by atoms with E-state index in [1.165, 1.54) is 20.3 Å². The molecule has 0 aromatic heterocycles. The number of halogens is 2. The molecular weight excluding hydrogens is 379 g/mol. The molecule has 0 spiro atoms. The first-order valence-electron chi connectivity index (χ1n) is 7.70. The Balaban J connectivity index is 1.91. The van der Waals surface area contributed by atoms with Crippen molar-refractivity contribution in [2.24, 2.45) is 0 Å². The highest BCUT2D eigenvalue weighted by Gasteiger charge is 2.17. The molecule has 2 aromatic rings. The lowest BCUT2D eigenvalue weighted by Gasteiger charge is -2.13. The molecule has 2 N–H and O–H groups in total. The normalized spacial score (nSPS) is 10.2. The second kappa shape index (κ2) is 9.31. The Morgan fingerprint density at radius 2 is 1.46 bits per heavy atom. The van der Waals surface area contributed by atoms with Gasteiger partial charge in [0.2, 0.25) is 0 Å². The zero-order valence-electron chi connectivity index (χ0n) is 14.3. The molecule has 0 heterocycles. The Morgan fingerprint density at radius 1 is 0.885 bits per heavy atom. The zero-order chi connectivity index (χ0) is 19.1. The quantitative estimate of drug-likeness (QED) is 0.704. The molecule has 0 aliphatic heterocycles. The third-order valence-corrected chi connectivity index (χ3v) is 4.27. The Bertz CT molecular complexity index is 790. The van der Waals surface area contributed by atoms with Gasteiger partial charge in [-0.05, 0) is 30.3 Å². The van der Waals surface area contributed by atoms with Crippen LogP contribution in [-0.2, 0) is 0 Å². The predicted octanol–water partition coefficient (Wildman–Crippen LogP) is 3.17. The molecule has 2 rings (SSSR count). The Labute approximate surface area is 161 Å². The standard InChI is InChI=1S/C18H18Cl2N2O4/c1-25-14-4-3-5-15(26-2)16(14)18(24)22-9-8-21-17(23)11-6-7-12(19)13(20)10-11/h3-7,10H,8-9H2,1-2H3,(H,21,23)(H,22,24). The van der Waals surface area contributed by atoms with E-state index in [0.717, 1.165) is 0 Å². The molecule has 0 atom stereocenters. The van der Waals surface area contributed by atoms with Crippen LogP contribution in [-0.4, -0.2) is 39.1 Å². The smallest absolute Gasteiger partial charge is 0.258 e. The topological polar surface area (TPSA) is 76.7 Å². The van der Waals surface area contributed by atoms with E-state index in [2.05, 4.69) is 10.6 Å². The SMILES string of the molecule is COc1cccc(OC)c1C(=O)NCCNC(=O)c1ccc(Cl)c(Cl)c1. The minimum Gasteiger partial charge on any atom is -0.496 e. The summed E-state index contributed by atoms with van der Waals surface area (Å²) in [6.07, 6.45) is 0. The fraction of sp³-hybridized carbons (Fsp3) is 0.222. The summed E-state index contributed by atoms with van der Waals surface area (Å²) >= 11 is 11.7. The molecule has 0 saturated heterocycles. The monoisotopic (exact) mass is 396 g/mol. The summed E-state index contributed by atoms with van der Waals surface area (Å²) in [5, 5.41) is 6.08. The molecule has 8 heteroatoms. The summed E-state index contributed by atoms with van der Waals surface area (Å²) in [6.45, 7) is 0.468. The molecule has 0 saturated carbocycles. The minimum absolute atomic E-state index is 0.229. The van der Waals surface area contributed by atoms with Crippen LogP contribution in [0.2, 0.25) is 10.0 Å². The van der Waals surface area contributed by atoms with Gasteiger partial charge in [0, 0.05) is 18.7 Å². The molecule has 6 nitrogen and oxygen atoms in total. The molecule has 2 amide bonds. The summed E-state index contributed by atoms with van der Waals surface area (Å²) in [6, 6.07) is 9.67. The van der Waals surface area contributed by atoms with Crippen molar-refractivity contribution in [3.05, 3.63) is 57.6 Å². The van der Waals surface area contributed by atoms with Crippen molar-refractivity contribution in [2.45, 2.75) is 0 Å². The van der Waals surface area contributed by atoms with Crippen molar-refractivity contribution in [1.82, 2.24) is 10.6 Å². The highest BCUT2D eigenvalue weighted by Crippen LogP contribution is 2.27. The largest absolute Gasteiger partial charge is 0.496 e. The first-order valence-corrected chi connectivity index (χ1v) is 8.46. The van der Waals surface area contributed by atoms with Crippen LogP contribution in [0.3, 0.4) is 0 Å². The maximum Gasteiger partial charge on any atom is 0.258 e. The van der Waals surface area contributed by atoms with E-state index in [1.54, 1.807) is 30.3 Å². The lowest BCUT2D eigenvalue weighted by molar-refractivity contribution is 0.0924. The number of rotatable bonds is 7. The summed E-state index contributed by atoms with van der Waals surface area (Å²) in [7, 11) is 2.95. The minimum atomic E-state index is -0.358. The second-order valence-corrected chi connectivity index (χ2v) is 5.99. The highest BCUT2D eigenvalue weighted by molar-refractivity contribution is 6.42. The summed E-state index contributed by atoms with van der Waals surface area (Å²) in [5.74, 6) is 0.138. The van der Waals surface area contributed by atoms with Crippen LogP contribution in [0.5, 0.6) is 11.5 Å². The Hall–Kier alpha value is -2.44. The van der Waals surface area contributed by atoms with Crippen LogP contribution in [0.4, 0.5) is 0 Å². The van der Waals surface area contributed by atoms with Gasteiger partial charge in [0.15, 0.2) is 0 Å². The number of amides is 2. The summed E-state index contributed by atoms with van der Waals surface area (Å²) < 4.78 is 10.4. The van der Waals surface area contributed by atoms with E-state index >= 15 is 0 Å². The Kier molecular flexibility index (Phi) is 7.12. The third kappa shape index (κ3) is 4.80. The van der Waals surface area contributed by atoms with E-state index in [4.69, 9.17) is 32.7 Å². The average molecular weight is 397 g/mol. The number of carbonyl (C=O) groups excluding carboxylic acids is 2. The number of hydrogen-bond acceptors (Lipinski definition) is 4. The third-order valence-electron chi connectivity index (χ3n) is 3.53. The Morgan fingerprint density at radius 3 is 2.00 bits per heavy atom. The van der Waals surface area contributed by atoms with Gasteiger partial charge in [0.1, 0.15) is 17.1 Å². The molecule has 0 aliphatic rings. The molecule has 0 aliphatic carbocycles. The number of carbonyl (C=O) groups is 2. The van der Waals surface area contributed by atoms with Crippen LogP contribution >= 0.6 is 23.2 Å². The number of methoxy groups -OCH3 is 2. The van der Waals surface area contributed by atoms with Crippen LogP contribution in [0.15, 0.2) is 36.4 Å². The van der Waals surface area contributed by atoms with Gasteiger partial charge in [0.25, 0.3) is 11.8 Å². The molecule has 2 aromatic carbocycles. The molecule has 0 fully saturated rings. The van der Waals surface area contributed by atoms with Crippen LogP contribution in [0, 0.1) is 0 Å². The molecule has 0 unspecified atom stereocenters. The van der Waals surface area contributed by atoms with Gasteiger partial charge in [-0.25, -0.2) is 0 Å². The lowest BCUT2D eigenvalue weighted by Crippen LogP contribution is -2.35. The summed E-state index contributed by atoms with van der Waals surface area (Å²) in [5.41, 5.74) is 0.686. The van der Waals surface area contributed by atoms with Gasteiger partial charge in [0.05, 0.1) is 24.3 Å². The predicted molar refractivity (Wildman–Crippen MR) is 101 cm³/mol. The van der Waals surface area contributed by atoms with E-state index < -0.39 is 0 Å². The van der Waals surface area contributed by atoms with Gasteiger partial charge >= 0.3 is 0 Å². The molecule has 26 heavy (non-hydrogen) atoms. The fourth-order valence-electron chi connectivity index (χ4n) is 2.25. The van der Waals surface area contributed by atoms with Gasteiger partial charge in [-0.1, -0.05) is 29.3 Å². The van der Waals surface area contributed by atoms with Crippen LogP contribution in [0.1, 0.15) is 20.7 Å². The van der Waals surface area contributed by atoms with E-state index in [1.807, 2.05) is 0 Å². The second-order valence-electron chi connectivity index (χ2n) is 5.18. The van der Waals surface area contributed by atoms with Crippen molar-refractivity contribution in [3.63, 3.8) is 0 Å². The van der Waals surface area contributed by atoms with Crippen molar-refractivity contribution < 1.29 is 19.1 Å². The van der Waals surface area contributed by atoms with Gasteiger partial charge in [-0.2, -0.15) is 0 Å². The fourth-order valence-corrected chi connectivity index (χ4v) is 2.55. The molecule has 0 radical (unpaired) electrons. The maximum atomic E-state index is 12.4. The molecule has 0 bridgehead atoms. The van der Waals surface area contributed by atoms with Gasteiger partial charge in [-0.3, -0.25) is 9.59 Å². The van der Waals surface area contributed by atoms with Gasteiger partial charge < -0.3 is 20.1 Å². The number of benzene rings is 2. The van der Waals surface area contributed by atoms with E-state index in [-0.39, 0.29) is 24.9 Å². The average Bonchev–Trinajstić information content (AvgIpc) is 2.66. The van der Waals surface area contributed by atoms with Crippen molar-refractivity contribution in [2.75, 3.05) is 27.3 Å². The van der Waals surface area contributed by atoms with Crippen LogP contribution < -0.4 is 20.1 Å². The van der Waals surface area contributed by atoms with Crippen molar-refractivity contribution >= 4 is 35.0 Å². The molecule has 138 valence electrons. The first-order chi connectivity index (χ1) is 12.5. The highest BCUT2D eigenvalue weighted by atomic mass is 35.5. The summed E-state index contributed by atoms with van der Waals surface area (Å²) in [4.78, 5) is 24.4. The number of hydrogen-bond donors (Lipinski definition) is 2. The maximum absolute atomic E-state index is 12.4. The molecular formula is C18H18Cl2N2O4. The van der Waals surface area contributed by atoms with Crippen molar-refractivity contribution in [1.29, 1.82) is 0 Å². The van der Waals surface area contributed by atoms with E-state index in [9.17, 15) is 9.59 Å². The number of nitrogens with one attached hydrogen (secondary N) is 2. The first kappa shape index (κ1) is 19.9. The van der Waals surface area contributed by atoms with Gasteiger partial charge in [-0.15, -0.1) is 0 Å².